The second-order valence-corrected chi connectivity index (χ2v) is 13.3. The zero-order valence-corrected chi connectivity index (χ0v) is 24.7. The van der Waals surface area contributed by atoms with Crippen molar-refractivity contribution in [3.8, 4) is 0 Å². The number of rotatable bonds is 10. The highest BCUT2D eigenvalue weighted by molar-refractivity contribution is 5.81. The predicted octanol–water partition coefficient (Wildman–Crippen LogP) is 2.20. The molecule has 12 nitrogen and oxygen atoms in total. The molecular formula is C30H42N8O4. The Morgan fingerprint density at radius 1 is 1.12 bits per heavy atom. The number of aromatic amines is 1. The Balaban J connectivity index is 1.000. The standard InChI is InChI=1S/C30H42N8O4/c1-29(2,13-39)17-6-7-19-20(11-17)37-22(36-19)8-5-16-9-18(10-16)30(3,4)35-12-21-24(40)25(41)28(42-21)38-15-34-23-26(31)32-14-33-27(23)38/h6-7,11,14-16,18,21,24-25,28,35,39-41H,5,8-10,12-13H2,1-4H3,(H,36,37)(H2,31,32,33)/t16-,18-,21-,24-,25-,28-/m1/s1. The molecule has 1 aromatic carbocycles. The Bertz CT molecular complexity index is 1560. The van der Waals surface area contributed by atoms with E-state index in [1.54, 1.807) is 4.57 Å². The third kappa shape index (κ3) is 5.26. The summed E-state index contributed by atoms with van der Waals surface area (Å²) in [6.07, 6.45) is 3.46. The van der Waals surface area contributed by atoms with Gasteiger partial charge < -0.3 is 36.1 Å². The monoisotopic (exact) mass is 578 g/mol. The fourth-order valence-corrected chi connectivity index (χ4v) is 6.28. The normalized spacial score (nSPS) is 26.7. The molecule has 1 aliphatic heterocycles. The van der Waals surface area contributed by atoms with E-state index in [2.05, 4.69) is 57.3 Å². The lowest BCUT2D eigenvalue weighted by Crippen LogP contribution is -2.54. The van der Waals surface area contributed by atoms with Gasteiger partial charge >= 0.3 is 0 Å². The van der Waals surface area contributed by atoms with Crippen molar-refractivity contribution in [1.29, 1.82) is 0 Å². The first kappa shape index (κ1) is 28.9. The summed E-state index contributed by atoms with van der Waals surface area (Å²) in [6.45, 7) is 8.94. The van der Waals surface area contributed by atoms with Crippen LogP contribution in [0.1, 0.15) is 64.6 Å². The summed E-state index contributed by atoms with van der Waals surface area (Å²) < 4.78 is 7.70. The molecule has 1 saturated heterocycles. The lowest BCUT2D eigenvalue weighted by atomic mass is 9.64. The minimum Gasteiger partial charge on any atom is -0.395 e. The van der Waals surface area contributed by atoms with Crippen molar-refractivity contribution in [2.24, 2.45) is 11.8 Å². The number of hydrogen-bond acceptors (Lipinski definition) is 10. The Morgan fingerprint density at radius 2 is 1.90 bits per heavy atom. The fourth-order valence-electron chi connectivity index (χ4n) is 6.28. The molecule has 1 saturated carbocycles. The average Bonchev–Trinajstić information content (AvgIpc) is 3.62. The molecule has 3 aromatic heterocycles. The second-order valence-electron chi connectivity index (χ2n) is 13.3. The van der Waals surface area contributed by atoms with Crippen LogP contribution in [0.2, 0.25) is 0 Å². The van der Waals surface area contributed by atoms with Gasteiger partial charge in [-0.3, -0.25) is 4.57 Å². The quantitative estimate of drug-likeness (QED) is 0.163. The lowest BCUT2D eigenvalue weighted by Gasteiger charge is -2.46. The van der Waals surface area contributed by atoms with Crippen molar-refractivity contribution >= 4 is 28.0 Å². The van der Waals surface area contributed by atoms with Crippen molar-refractivity contribution in [3.63, 3.8) is 0 Å². The Kier molecular flexibility index (Phi) is 7.47. The van der Waals surface area contributed by atoms with Gasteiger partial charge in [0.1, 0.15) is 36.0 Å². The number of aryl methyl sites for hydroxylation is 1. The maximum Gasteiger partial charge on any atom is 0.167 e. The van der Waals surface area contributed by atoms with Crippen LogP contribution in [0.5, 0.6) is 0 Å². The van der Waals surface area contributed by atoms with Crippen molar-refractivity contribution in [2.45, 2.75) is 88.9 Å². The molecule has 226 valence electrons. The van der Waals surface area contributed by atoms with E-state index in [0.29, 0.717) is 29.5 Å². The van der Waals surface area contributed by atoms with Gasteiger partial charge in [-0.15, -0.1) is 0 Å². The average molecular weight is 579 g/mol. The van der Waals surface area contributed by atoms with Gasteiger partial charge in [0.05, 0.1) is 24.0 Å². The lowest BCUT2D eigenvalue weighted by molar-refractivity contribution is -0.0378. The third-order valence-electron chi connectivity index (χ3n) is 9.51. The van der Waals surface area contributed by atoms with E-state index in [-0.39, 0.29) is 23.4 Å². The van der Waals surface area contributed by atoms with Crippen LogP contribution in [0.4, 0.5) is 5.82 Å². The van der Waals surface area contributed by atoms with Crippen LogP contribution in [0.25, 0.3) is 22.2 Å². The number of nitrogen functional groups attached to an aromatic ring is 1. The number of nitrogens with one attached hydrogen (secondary N) is 2. The molecule has 4 aromatic rings. The maximum atomic E-state index is 10.8. The largest absolute Gasteiger partial charge is 0.395 e. The van der Waals surface area contributed by atoms with E-state index in [1.165, 1.54) is 12.7 Å². The molecule has 0 spiro atoms. The fraction of sp³-hybridized carbons (Fsp3) is 0.600. The Hall–Kier alpha value is -3.16. The van der Waals surface area contributed by atoms with E-state index in [9.17, 15) is 15.3 Å². The smallest absolute Gasteiger partial charge is 0.167 e. The molecule has 2 aliphatic rings. The van der Waals surface area contributed by atoms with Gasteiger partial charge in [-0.25, -0.2) is 19.9 Å². The Morgan fingerprint density at radius 3 is 2.67 bits per heavy atom. The van der Waals surface area contributed by atoms with Crippen molar-refractivity contribution in [1.82, 2.24) is 34.8 Å². The number of benzene rings is 1. The number of H-pyrrole nitrogens is 1. The molecule has 0 amide bonds. The zero-order chi connectivity index (χ0) is 29.8. The van der Waals surface area contributed by atoms with Crippen LogP contribution in [0.15, 0.2) is 30.9 Å². The number of aliphatic hydroxyl groups is 3. The van der Waals surface area contributed by atoms with Crippen molar-refractivity contribution in [3.05, 3.63) is 42.2 Å². The number of ether oxygens (including phenoxy) is 1. The molecule has 1 aliphatic carbocycles. The highest BCUT2D eigenvalue weighted by Gasteiger charge is 2.46. The predicted molar refractivity (Wildman–Crippen MR) is 158 cm³/mol. The van der Waals surface area contributed by atoms with Crippen LogP contribution in [0.3, 0.4) is 0 Å². The molecule has 0 radical (unpaired) electrons. The first-order valence-electron chi connectivity index (χ1n) is 14.8. The van der Waals surface area contributed by atoms with Crippen LogP contribution in [-0.4, -0.2) is 81.8 Å². The summed E-state index contributed by atoms with van der Waals surface area (Å²) in [7, 11) is 0. The Labute approximate surface area is 244 Å². The molecule has 7 N–H and O–H groups in total. The SMILES string of the molecule is CC(C)(CO)c1ccc2[nH]c(CC[C@H]3C[C@H](C(C)(C)NC[C@H]4O[C@@H](n5cnc6c(N)ncnc65)[C@H](O)[C@@H]4O)C3)nc2c1. The van der Waals surface area contributed by atoms with Gasteiger partial charge in [0, 0.05) is 23.9 Å². The first-order valence-corrected chi connectivity index (χ1v) is 14.8. The minimum atomic E-state index is -1.13. The van der Waals surface area contributed by atoms with Crippen molar-refractivity contribution < 1.29 is 20.1 Å². The number of nitrogens with zero attached hydrogens (tertiary/aromatic N) is 5. The number of hydrogen-bond donors (Lipinski definition) is 6. The summed E-state index contributed by atoms with van der Waals surface area (Å²) in [6, 6.07) is 6.20. The van der Waals surface area contributed by atoms with Crippen LogP contribution < -0.4 is 11.1 Å². The van der Waals surface area contributed by atoms with Gasteiger partial charge in [0.15, 0.2) is 17.7 Å². The van der Waals surface area contributed by atoms with Crippen LogP contribution >= 0.6 is 0 Å². The zero-order valence-electron chi connectivity index (χ0n) is 24.7. The third-order valence-corrected chi connectivity index (χ3v) is 9.51. The summed E-state index contributed by atoms with van der Waals surface area (Å²) in [5.74, 6) is 2.39. The maximum absolute atomic E-state index is 10.8. The van der Waals surface area contributed by atoms with Gasteiger partial charge in [-0.05, 0) is 62.6 Å². The molecule has 0 bridgehead atoms. The molecule has 6 rings (SSSR count). The van der Waals surface area contributed by atoms with Gasteiger partial charge in [-0.1, -0.05) is 19.9 Å². The minimum absolute atomic E-state index is 0.0925. The number of imidazole rings is 2. The second kappa shape index (κ2) is 10.8. The number of nitrogens with two attached hydrogens (primary N) is 1. The summed E-state index contributed by atoms with van der Waals surface area (Å²) in [5.41, 5.74) is 9.39. The van der Waals surface area contributed by atoms with Crippen LogP contribution in [0, 0.1) is 11.8 Å². The summed E-state index contributed by atoms with van der Waals surface area (Å²) in [4.78, 5) is 20.7. The van der Waals surface area contributed by atoms with Gasteiger partial charge in [0.2, 0.25) is 0 Å². The first-order chi connectivity index (χ1) is 20.0. The van der Waals surface area contributed by atoms with E-state index in [0.717, 1.165) is 48.1 Å². The van der Waals surface area contributed by atoms with Gasteiger partial charge in [0.25, 0.3) is 0 Å². The highest BCUT2D eigenvalue weighted by Crippen LogP contribution is 2.43. The molecular weight excluding hydrogens is 536 g/mol. The number of aromatic nitrogens is 6. The topological polar surface area (TPSA) is 180 Å². The van der Waals surface area contributed by atoms with E-state index in [4.69, 9.17) is 15.5 Å². The molecule has 42 heavy (non-hydrogen) atoms. The van der Waals surface area contributed by atoms with E-state index >= 15 is 0 Å². The van der Waals surface area contributed by atoms with E-state index < -0.39 is 24.5 Å². The highest BCUT2D eigenvalue weighted by atomic mass is 16.6. The van der Waals surface area contributed by atoms with Gasteiger partial charge in [-0.2, -0.15) is 0 Å². The molecule has 4 heterocycles. The summed E-state index contributed by atoms with van der Waals surface area (Å²) in [5, 5.41) is 34.9. The van der Waals surface area contributed by atoms with Crippen molar-refractivity contribution in [2.75, 3.05) is 18.9 Å². The number of fused-ring (bicyclic) bond motifs is 2. The summed E-state index contributed by atoms with van der Waals surface area (Å²) >= 11 is 0. The number of aliphatic hydroxyl groups excluding tert-OH is 3. The molecule has 12 heteroatoms. The molecule has 2 fully saturated rings. The molecule has 0 unspecified atom stereocenters. The number of anilines is 1. The molecule has 4 atom stereocenters. The van der Waals surface area contributed by atoms with Crippen LogP contribution in [-0.2, 0) is 16.6 Å². The van der Waals surface area contributed by atoms with E-state index in [1.807, 2.05) is 13.8 Å².